The number of aliphatic imine (C=N–C) groups is 1. The largest absolute Gasteiger partial charge is 0.342 e. The molecule has 0 aliphatic carbocycles. The first-order chi connectivity index (χ1) is 14.3. The number of rotatable bonds is 2. The Morgan fingerprint density at radius 1 is 1.17 bits per heavy atom. The molecule has 0 radical (unpaired) electrons. The number of nitrogens with zero attached hydrogens (tertiary/aromatic N) is 2. The normalized spacial score (nSPS) is 22.7. The van der Waals surface area contributed by atoms with E-state index in [2.05, 4.69) is 43.5 Å². The first kappa shape index (κ1) is 20.5. The standard InChI is InChI=1S/C24H29FN4O/c1-23(2,3)28-22-24(26-15-18-9-5-7-11-20(18)27-22)12-13-29(16-24)21(30)14-17-8-4-6-10-19(17)25/h4-11,26H,12-16H2,1-3H3,(H,27,28)/t24-/m0/s1. The summed E-state index contributed by atoms with van der Waals surface area (Å²) < 4.78 is 14.0. The Morgan fingerprint density at radius 2 is 1.90 bits per heavy atom. The topological polar surface area (TPSA) is 56.7 Å². The summed E-state index contributed by atoms with van der Waals surface area (Å²) in [5.41, 5.74) is 1.94. The fraction of sp³-hybridized carbons (Fsp3) is 0.417. The average Bonchev–Trinajstić information content (AvgIpc) is 3.07. The molecule has 2 aliphatic rings. The molecular formula is C24H29FN4O. The number of likely N-dealkylation sites (tertiary alicyclic amines) is 1. The van der Waals surface area contributed by atoms with Crippen molar-refractivity contribution in [3.8, 4) is 0 Å². The van der Waals surface area contributed by atoms with Crippen molar-refractivity contribution in [3.05, 3.63) is 65.5 Å². The smallest absolute Gasteiger partial charge is 0.227 e. The van der Waals surface area contributed by atoms with Crippen LogP contribution in [0.2, 0.25) is 0 Å². The van der Waals surface area contributed by atoms with Crippen LogP contribution in [0.15, 0.2) is 53.5 Å². The lowest BCUT2D eigenvalue weighted by Crippen LogP contribution is -2.56. The lowest BCUT2D eigenvalue weighted by molar-refractivity contribution is -0.129. The Labute approximate surface area is 177 Å². The molecule has 30 heavy (non-hydrogen) atoms. The van der Waals surface area contributed by atoms with Crippen LogP contribution in [0.4, 0.5) is 10.1 Å². The molecule has 0 saturated carbocycles. The van der Waals surface area contributed by atoms with Gasteiger partial charge in [0.05, 0.1) is 17.5 Å². The molecule has 1 atom stereocenters. The molecular weight excluding hydrogens is 379 g/mol. The number of fused-ring (bicyclic) bond motifs is 1. The SMILES string of the molecule is CC(C)(C)N=C1Nc2ccccc2CN[C@]12CCN(C(=O)Cc1ccccc1F)C2. The highest BCUT2D eigenvalue weighted by Crippen LogP contribution is 2.31. The lowest BCUT2D eigenvalue weighted by Gasteiger charge is -2.32. The Kier molecular flexibility index (Phi) is 5.36. The van der Waals surface area contributed by atoms with E-state index in [1.165, 1.54) is 11.6 Å². The van der Waals surface area contributed by atoms with Gasteiger partial charge in [0, 0.05) is 25.3 Å². The van der Waals surface area contributed by atoms with Gasteiger partial charge in [-0.2, -0.15) is 0 Å². The van der Waals surface area contributed by atoms with E-state index in [4.69, 9.17) is 4.99 Å². The highest BCUT2D eigenvalue weighted by Gasteiger charge is 2.45. The van der Waals surface area contributed by atoms with Crippen LogP contribution in [-0.2, 0) is 17.8 Å². The van der Waals surface area contributed by atoms with Crippen molar-refractivity contribution in [2.24, 2.45) is 4.99 Å². The average molecular weight is 409 g/mol. The van der Waals surface area contributed by atoms with Gasteiger partial charge >= 0.3 is 0 Å². The van der Waals surface area contributed by atoms with Gasteiger partial charge in [-0.25, -0.2) is 4.39 Å². The maximum atomic E-state index is 14.0. The van der Waals surface area contributed by atoms with E-state index in [1.54, 1.807) is 18.2 Å². The molecule has 1 fully saturated rings. The van der Waals surface area contributed by atoms with Gasteiger partial charge in [-0.3, -0.25) is 15.1 Å². The molecule has 2 N–H and O–H groups in total. The Bertz CT molecular complexity index is 981. The molecule has 4 rings (SSSR count). The number of amides is 1. The van der Waals surface area contributed by atoms with Crippen molar-refractivity contribution in [2.45, 2.75) is 51.2 Å². The third kappa shape index (κ3) is 4.24. The number of carbonyl (C=O) groups excluding carboxylic acids is 1. The van der Waals surface area contributed by atoms with Crippen molar-refractivity contribution in [1.29, 1.82) is 0 Å². The van der Waals surface area contributed by atoms with Crippen LogP contribution in [-0.4, -0.2) is 40.8 Å². The molecule has 0 unspecified atom stereocenters. The summed E-state index contributed by atoms with van der Waals surface area (Å²) >= 11 is 0. The van der Waals surface area contributed by atoms with Gasteiger partial charge in [0.15, 0.2) is 0 Å². The number of hydrogen-bond donors (Lipinski definition) is 2. The predicted octanol–water partition coefficient (Wildman–Crippen LogP) is 3.75. The number of anilines is 1. The molecule has 6 heteroatoms. The molecule has 0 aromatic heterocycles. The molecule has 158 valence electrons. The molecule has 1 spiro atoms. The van der Waals surface area contributed by atoms with E-state index < -0.39 is 5.54 Å². The van der Waals surface area contributed by atoms with Gasteiger partial charge in [0.25, 0.3) is 0 Å². The second-order valence-corrected chi connectivity index (χ2v) is 9.18. The summed E-state index contributed by atoms with van der Waals surface area (Å²) in [7, 11) is 0. The highest BCUT2D eigenvalue weighted by molar-refractivity contribution is 6.04. The monoisotopic (exact) mass is 408 g/mol. The molecule has 1 amide bonds. The molecule has 2 aliphatic heterocycles. The van der Waals surface area contributed by atoms with Gasteiger partial charge in [0.2, 0.25) is 5.91 Å². The second-order valence-electron chi connectivity index (χ2n) is 9.18. The van der Waals surface area contributed by atoms with Crippen molar-refractivity contribution in [1.82, 2.24) is 10.2 Å². The van der Waals surface area contributed by atoms with Crippen LogP contribution in [0.3, 0.4) is 0 Å². The van der Waals surface area contributed by atoms with Crippen LogP contribution in [0.5, 0.6) is 0 Å². The van der Waals surface area contributed by atoms with Crippen molar-refractivity contribution >= 4 is 17.4 Å². The van der Waals surface area contributed by atoms with Gasteiger partial charge in [0.1, 0.15) is 11.7 Å². The number of benzene rings is 2. The summed E-state index contributed by atoms with van der Waals surface area (Å²) in [5, 5.41) is 7.24. The third-order valence-electron chi connectivity index (χ3n) is 5.71. The lowest BCUT2D eigenvalue weighted by atomic mass is 9.95. The van der Waals surface area contributed by atoms with E-state index in [0.717, 1.165) is 17.9 Å². The zero-order valence-electron chi connectivity index (χ0n) is 17.8. The maximum absolute atomic E-state index is 14.0. The molecule has 2 aromatic carbocycles. The first-order valence-corrected chi connectivity index (χ1v) is 10.5. The van der Waals surface area contributed by atoms with E-state index >= 15 is 0 Å². The molecule has 1 saturated heterocycles. The van der Waals surface area contributed by atoms with Crippen LogP contribution in [0.25, 0.3) is 0 Å². The van der Waals surface area contributed by atoms with E-state index in [-0.39, 0.29) is 23.7 Å². The summed E-state index contributed by atoms with van der Waals surface area (Å²) in [6.45, 7) is 8.03. The minimum absolute atomic E-state index is 0.0596. The van der Waals surface area contributed by atoms with Gasteiger partial charge in [-0.05, 0) is 50.5 Å². The summed E-state index contributed by atoms with van der Waals surface area (Å²) in [6.07, 6.45) is 0.827. The third-order valence-corrected chi connectivity index (χ3v) is 5.71. The fourth-order valence-electron chi connectivity index (χ4n) is 4.14. The number of amidine groups is 1. The number of halogens is 1. The van der Waals surface area contributed by atoms with E-state index in [1.807, 2.05) is 17.0 Å². The van der Waals surface area contributed by atoms with Gasteiger partial charge < -0.3 is 10.2 Å². The second kappa shape index (κ2) is 7.84. The number of carbonyl (C=O) groups is 1. The quantitative estimate of drug-likeness (QED) is 0.796. The van der Waals surface area contributed by atoms with Gasteiger partial charge in [-0.1, -0.05) is 36.4 Å². The Morgan fingerprint density at radius 3 is 2.67 bits per heavy atom. The fourth-order valence-corrected chi connectivity index (χ4v) is 4.14. The number of para-hydroxylation sites is 1. The van der Waals surface area contributed by atoms with Crippen molar-refractivity contribution < 1.29 is 9.18 Å². The predicted molar refractivity (Wildman–Crippen MR) is 118 cm³/mol. The van der Waals surface area contributed by atoms with Crippen LogP contribution < -0.4 is 10.6 Å². The zero-order valence-corrected chi connectivity index (χ0v) is 17.8. The molecule has 0 bridgehead atoms. The Balaban J connectivity index is 1.60. The summed E-state index contributed by atoms with van der Waals surface area (Å²) in [5.74, 6) is 0.469. The van der Waals surface area contributed by atoms with Crippen LogP contribution >= 0.6 is 0 Å². The summed E-state index contributed by atoms with van der Waals surface area (Å²) in [4.78, 5) is 19.8. The van der Waals surface area contributed by atoms with E-state index in [9.17, 15) is 9.18 Å². The first-order valence-electron chi connectivity index (χ1n) is 10.5. The van der Waals surface area contributed by atoms with Crippen molar-refractivity contribution in [2.75, 3.05) is 18.4 Å². The highest BCUT2D eigenvalue weighted by atomic mass is 19.1. The van der Waals surface area contributed by atoms with Gasteiger partial charge in [-0.15, -0.1) is 0 Å². The molecule has 2 aromatic rings. The minimum atomic E-state index is -0.447. The Hall–Kier alpha value is -2.73. The van der Waals surface area contributed by atoms with Crippen LogP contribution in [0.1, 0.15) is 38.3 Å². The number of hydrogen-bond acceptors (Lipinski definition) is 3. The van der Waals surface area contributed by atoms with Crippen molar-refractivity contribution in [3.63, 3.8) is 0 Å². The minimum Gasteiger partial charge on any atom is -0.342 e. The summed E-state index contributed by atoms with van der Waals surface area (Å²) in [6, 6.07) is 14.7. The number of nitrogens with one attached hydrogen (secondary N) is 2. The van der Waals surface area contributed by atoms with Crippen LogP contribution in [0, 0.1) is 5.82 Å². The maximum Gasteiger partial charge on any atom is 0.227 e. The molecule has 5 nitrogen and oxygen atoms in total. The van der Waals surface area contributed by atoms with E-state index in [0.29, 0.717) is 25.2 Å². The molecule has 2 heterocycles. The zero-order chi connectivity index (χ0) is 21.4.